The second-order valence-electron chi connectivity index (χ2n) is 7.28. The van der Waals surface area contributed by atoms with Crippen molar-refractivity contribution >= 4 is 42.3 Å². The number of carbonyl (C=O) groups is 2. The normalized spacial score (nSPS) is 11.7. The van der Waals surface area contributed by atoms with E-state index in [2.05, 4.69) is 32.4 Å². The van der Waals surface area contributed by atoms with Gasteiger partial charge in [-0.2, -0.15) is 9.36 Å². The van der Waals surface area contributed by atoms with Crippen molar-refractivity contribution in [3.8, 4) is 0 Å². The van der Waals surface area contributed by atoms with Crippen LogP contribution in [0.5, 0.6) is 0 Å². The number of nitrogens with zero attached hydrogens (tertiary/aromatic N) is 6. The molecule has 15 heteroatoms. The lowest BCUT2D eigenvalue weighted by molar-refractivity contribution is 0.0708. The second-order valence-corrected chi connectivity index (χ2v) is 12.1. The molecule has 0 bridgehead atoms. The highest BCUT2D eigenvalue weighted by atomic mass is 33.1. The molecule has 1 N–H and O–H groups in total. The van der Waals surface area contributed by atoms with Crippen molar-refractivity contribution in [1.29, 1.82) is 0 Å². The van der Waals surface area contributed by atoms with Gasteiger partial charge in [0, 0.05) is 38.8 Å². The first-order chi connectivity index (χ1) is 17.0. The Kier molecular flexibility index (Phi) is 13.5. The summed E-state index contributed by atoms with van der Waals surface area (Å²) in [4.78, 5) is 32.8. The van der Waals surface area contributed by atoms with Crippen LogP contribution in [0.25, 0.3) is 0 Å². The van der Waals surface area contributed by atoms with Crippen LogP contribution in [0.2, 0.25) is 6.04 Å². The van der Waals surface area contributed by atoms with Crippen LogP contribution in [0.1, 0.15) is 64.6 Å². The molecule has 35 heavy (non-hydrogen) atoms. The van der Waals surface area contributed by atoms with E-state index < -0.39 is 8.80 Å². The Morgan fingerprint density at radius 2 is 1.46 bits per heavy atom. The fourth-order valence-corrected chi connectivity index (χ4v) is 7.18. The largest absolute Gasteiger partial charge is 0.500 e. The van der Waals surface area contributed by atoms with Gasteiger partial charge in [0.15, 0.2) is 0 Å². The molecule has 2 rings (SSSR count). The van der Waals surface area contributed by atoms with Crippen LogP contribution in [-0.4, -0.2) is 76.6 Å². The van der Waals surface area contributed by atoms with E-state index in [4.69, 9.17) is 13.3 Å². The van der Waals surface area contributed by atoms with Gasteiger partial charge in [-0.25, -0.2) is 14.8 Å². The minimum Gasteiger partial charge on any atom is -0.374 e. The van der Waals surface area contributed by atoms with Crippen molar-refractivity contribution in [2.24, 2.45) is 0 Å². The van der Waals surface area contributed by atoms with Crippen molar-refractivity contribution in [2.45, 2.75) is 76.2 Å². The minimum atomic E-state index is -2.73. The summed E-state index contributed by atoms with van der Waals surface area (Å²) in [6.45, 7) is 9.79. The van der Waals surface area contributed by atoms with E-state index in [9.17, 15) is 9.59 Å². The standard InChI is InChI=1S/C20H35N7O5S2Si/c1-5-9-10-12-17(28)26-15-22-18(24-26)33-34-19-23-16-27(25-19)20(29)21-13-11-14-35(30-6-2,31-7-3)32-8-4/h15-16H,5-14H2,1-4H3,(H,21,29). The zero-order valence-electron chi connectivity index (χ0n) is 20.8. The van der Waals surface area contributed by atoms with Crippen LogP contribution in [0.4, 0.5) is 4.79 Å². The van der Waals surface area contributed by atoms with E-state index in [1.807, 2.05) is 20.8 Å². The van der Waals surface area contributed by atoms with Crippen molar-refractivity contribution in [3.63, 3.8) is 0 Å². The molecule has 12 nitrogen and oxygen atoms in total. The molecule has 0 unspecified atom stereocenters. The predicted octanol–water partition coefficient (Wildman–Crippen LogP) is 3.89. The van der Waals surface area contributed by atoms with E-state index in [0.29, 0.717) is 55.6 Å². The summed E-state index contributed by atoms with van der Waals surface area (Å²) in [5, 5.41) is 12.0. The molecule has 0 saturated heterocycles. The number of nitrogens with one attached hydrogen (secondary N) is 1. The number of hydrogen-bond acceptors (Lipinski definition) is 11. The van der Waals surface area contributed by atoms with E-state index >= 15 is 0 Å². The first-order valence-electron chi connectivity index (χ1n) is 11.9. The quantitative estimate of drug-likeness (QED) is 0.176. The van der Waals surface area contributed by atoms with Crippen LogP contribution in [0, 0.1) is 0 Å². The van der Waals surface area contributed by atoms with Gasteiger partial charge in [0.25, 0.3) is 0 Å². The van der Waals surface area contributed by atoms with E-state index in [0.717, 1.165) is 23.9 Å². The maximum atomic E-state index is 12.4. The van der Waals surface area contributed by atoms with Gasteiger partial charge in [0.2, 0.25) is 16.2 Å². The summed E-state index contributed by atoms with van der Waals surface area (Å²) in [5.41, 5.74) is 0. The molecule has 2 aromatic rings. The number of hydrogen-bond donors (Lipinski definition) is 1. The third-order valence-electron chi connectivity index (χ3n) is 4.62. The van der Waals surface area contributed by atoms with Gasteiger partial charge < -0.3 is 18.6 Å². The van der Waals surface area contributed by atoms with E-state index in [1.54, 1.807) is 0 Å². The summed E-state index contributed by atoms with van der Waals surface area (Å²) >= 11 is 0. The SMILES string of the molecule is CCCCCC(=O)n1cnc(SSc2ncn(C(=O)NCCC[Si](OCC)(OCC)OCC)n2)n1. The molecule has 0 spiro atoms. The third-order valence-corrected chi connectivity index (χ3v) is 9.67. The highest BCUT2D eigenvalue weighted by Gasteiger charge is 2.39. The lowest BCUT2D eigenvalue weighted by atomic mass is 10.2. The average Bonchev–Trinajstić information content (AvgIpc) is 3.51. The van der Waals surface area contributed by atoms with E-state index in [-0.39, 0.29) is 11.9 Å². The van der Waals surface area contributed by atoms with Crippen LogP contribution >= 0.6 is 21.6 Å². The number of amides is 1. The molecule has 0 radical (unpaired) electrons. The summed E-state index contributed by atoms with van der Waals surface area (Å²) in [7, 11) is -0.303. The zero-order chi connectivity index (χ0) is 25.5. The van der Waals surface area contributed by atoms with Crippen LogP contribution in [0.15, 0.2) is 23.0 Å². The van der Waals surface area contributed by atoms with Crippen molar-refractivity contribution in [3.05, 3.63) is 12.7 Å². The fraction of sp³-hybridized carbons (Fsp3) is 0.700. The zero-order valence-corrected chi connectivity index (χ0v) is 23.4. The lowest BCUT2D eigenvalue weighted by Gasteiger charge is -2.28. The molecule has 0 aliphatic carbocycles. The number of unbranched alkanes of at least 4 members (excludes halogenated alkanes) is 2. The first kappa shape index (κ1) is 29.4. The van der Waals surface area contributed by atoms with Crippen molar-refractivity contribution < 1.29 is 22.9 Å². The molecule has 0 saturated carbocycles. The average molecular weight is 546 g/mol. The Labute approximate surface area is 215 Å². The number of rotatable bonds is 17. The van der Waals surface area contributed by atoms with Crippen molar-refractivity contribution in [1.82, 2.24) is 34.8 Å². The molecular formula is C20H35N7O5S2Si. The maximum Gasteiger partial charge on any atom is 0.500 e. The molecule has 196 valence electrons. The van der Waals surface area contributed by atoms with Gasteiger partial charge in [-0.3, -0.25) is 4.79 Å². The second kappa shape index (κ2) is 16.1. The Balaban J connectivity index is 1.77. The first-order valence-corrected chi connectivity index (χ1v) is 16.0. The molecule has 1 amide bonds. The predicted molar refractivity (Wildman–Crippen MR) is 135 cm³/mol. The van der Waals surface area contributed by atoms with Crippen molar-refractivity contribution in [2.75, 3.05) is 26.4 Å². The molecular weight excluding hydrogens is 510 g/mol. The Bertz CT molecular complexity index is 897. The number of aromatic nitrogens is 6. The van der Waals surface area contributed by atoms with Gasteiger partial charge in [-0.1, -0.05) is 19.8 Å². The highest BCUT2D eigenvalue weighted by molar-refractivity contribution is 8.76. The Morgan fingerprint density at radius 1 is 0.886 bits per heavy atom. The third kappa shape index (κ3) is 10.0. The molecule has 2 heterocycles. The summed E-state index contributed by atoms with van der Waals surface area (Å²) < 4.78 is 19.9. The summed E-state index contributed by atoms with van der Waals surface area (Å²) in [6, 6.07) is 0.226. The van der Waals surface area contributed by atoms with Crippen LogP contribution in [0.3, 0.4) is 0 Å². The minimum absolute atomic E-state index is 0.0782. The molecule has 0 aliphatic heterocycles. The summed E-state index contributed by atoms with van der Waals surface area (Å²) in [5.74, 6) is -0.0782. The van der Waals surface area contributed by atoms with Gasteiger partial charge in [0.05, 0.1) is 0 Å². The Morgan fingerprint density at radius 3 is 2.03 bits per heavy atom. The Hall–Kier alpha value is -1.78. The van der Waals surface area contributed by atoms with E-state index in [1.165, 1.54) is 38.9 Å². The molecule has 0 aliphatic rings. The van der Waals surface area contributed by atoms with Gasteiger partial charge in [0.1, 0.15) is 12.7 Å². The van der Waals surface area contributed by atoms with Crippen LogP contribution in [-0.2, 0) is 13.3 Å². The topological polar surface area (TPSA) is 135 Å². The molecule has 0 aromatic carbocycles. The molecule has 0 atom stereocenters. The fourth-order valence-electron chi connectivity index (χ4n) is 3.09. The number of carbonyl (C=O) groups excluding carboxylic acids is 2. The lowest BCUT2D eigenvalue weighted by Crippen LogP contribution is -2.46. The smallest absolute Gasteiger partial charge is 0.374 e. The maximum absolute atomic E-state index is 12.4. The van der Waals surface area contributed by atoms with Gasteiger partial charge in [-0.15, -0.1) is 10.2 Å². The molecule has 2 aromatic heterocycles. The van der Waals surface area contributed by atoms with Gasteiger partial charge >= 0.3 is 14.8 Å². The molecule has 0 fully saturated rings. The monoisotopic (exact) mass is 545 g/mol. The van der Waals surface area contributed by atoms with Gasteiger partial charge in [-0.05, 0) is 55.2 Å². The summed E-state index contributed by atoms with van der Waals surface area (Å²) in [6.07, 6.45) is 6.76. The highest BCUT2D eigenvalue weighted by Crippen LogP contribution is 2.32. The van der Waals surface area contributed by atoms with Crippen LogP contribution < -0.4 is 5.32 Å².